The lowest BCUT2D eigenvalue weighted by Gasteiger charge is -2.13. The van der Waals surface area contributed by atoms with Gasteiger partial charge >= 0.3 is 11.8 Å². The summed E-state index contributed by atoms with van der Waals surface area (Å²) in [4.78, 5) is 10.5. The van der Waals surface area contributed by atoms with Crippen LogP contribution in [0.1, 0.15) is 0 Å². The van der Waals surface area contributed by atoms with E-state index in [1.54, 1.807) is 0 Å². The Kier molecular flexibility index (Phi) is 2.57. The maximum Gasteiger partial charge on any atom is 0.344 e. The summed E-state index contributed by atoms with van der Waals surface area (Å²) in [5.74, 6) is -0.488. The number of nitrogens with zero attached hydrogens (tertiary/aromatic N) is 2. The zero-order valence-corrected chi connectivity index (χ0v) is 6.58. The first kappa shape index (κ1) is 9.59. The number of hydrazine groups is 1. The number of rotatable bonds is 3. The molecule has 0 aliphatic carbocycles. The quantitative estimate of drug-likeness (QED) is 0.383. The number of hydrogen-bond acceptors (Lipinski definition) is 3. The molecule has 0 spiro atoms. The normalized spacial score (nSPS) is 11.3. The first-order valence-electron chi connectivity index (χ1n) is 3.42. The molecule has 13 heavy (non-hydrogen) atoms. The second-order valence-corrected chi connectivity index (χ2v) is 2.38. The smallest absolute Gasteiger partial charge is 0.289 e. The molecule has 0 atom stereocenters. The van der Waals surface area contributed by atoms with Crippen molar-refractivity contribution in [2.45, 2.75) is 12.5 Å². The molecule has 1 amide bonds. The molecule has 1 heterocycles. The molecule has 0 saturated carbocycles. The van der Waals surface area contributed by atoms with Gasteiger partial charge in [-0.2, -0.15) is 13.9 Å². The second kappa shape index (κ2) is 3.48. The van der Waals surface area contributed by atoms with Crippen LogP contribution in [0.25, 0.3) is 0 Å². The average Bonchev–Trinajstić information content (AvgIpc) is 2.54. The summed E-state index contributed by atoms with van der Waals surface area (Å²) in [6.07, 6.45) is 2.67. The number of carbonyl (C=O) groups is 1. The number of amides is 1. The number of aromatic nitrogens is 2. The highest BCUT2D eigenvalue weighted by Crippen LogP contribution is 2.15. The van der Waals surface area contributed by atoms with Crippen LogP contribution in [0.3, 0.4) is 0 Å². The number of nitrogens with one attached hydrogen (secondary N) is 1. The molecule has 5 nitrogen and oxygen atoms in total. The van der Waals surface area contributed by atoms with Crippen LogP contribution in [0.4, 0.5) is 8.78 Å². The van der Waals surface area contributed by atoms with Crippen LogP contribution in [-0.4, -0.2) is 21.6 Å². The lowest BCUT2D eigenvalue weighted by molar-refractivity contribution is -0.147. The molecule has 0 aliphatic rings. The van der Waals surface area contributed by atoms with Crippen LogP contribution in [0.5, 0.6) is 0 Å². The van der Waals surface area contributed by atoms with Crippen molar-refractivity contribution in [1.82, 2.24) is 15.2 Å². The van der Waals surface area contributed by atoms with E-state index in [0.29, 0.717) is 0 Å². The van der Waals surface area contributed by atoms with Gasteiger partial charge in [-0.3, -0.25) is 14.9 Å². The third-order valence-electron chi connectivity index (χ3n) is 1.38. The monoisotopic (exact) mass is 190 g/mol. The molecular formula is C6H8F2N4O. The molecule has 0 bridgehead atoms. The van der Waals surface area contributed by atoms with E-state index in [2.05, 4.69) is 10.9 Å². The van der Waals surface area contributed by atoms with Crippen LogP contribution >= 0.6 is 0 Å². The summed E-state index contributed by atoms with van der Waals surface area (Å²) in [6.45, 7) is -0.816. The minimum Gasteiger partial charge on any atom is -0.289 e. The molecule has 1 aromatic rings. The fraction of sp³-hybridized carbons (Fsp3) is 0.333. The Morgan fingerprint density at radius 1 is 1.69 bits per heavy atom. The molecule has 0 aromatic carbocycles. The maximum atomic E-state index is 12.8. The molecule has 7 heteroatoms. The van der Waals surface area contributed by atoms with Gasteiger partial charge in [-0.05, 0) is 6.07 Å². The summed E-state index contributed by atoms with van der Waals surface area (Å²) in [5.41, 5.74) is 1.39. The van der Waals surface area contributed by atoms with Gasteiger partial charge < -0.3 is 0 Å². The highest BCUT2D eigenvalue weighted by atomic mass is 19.3. The van der Waals surface area contributed by atoms with E-state index in [0.717, 1.165) is 4.68 Å². The fourth-order valence-electron chi connectivity index (χ4n) is 0.775. The van der Waals surface area contributed by atoms with Crippen LogP contribution in [0.15, 0.2) is 18.5 Å². The van der Waals surface area contributed by atoms with Crippen LogP contribution < -0.4 is 11.3 Å². The number of nitrogens with two attached hydrogens (primary N) is 1. The molecular weight excluding hydrogens is 182 g/mol. The number of alkyl halides is 2. The highest BCUT2D eigenvalue weighted by molar-refractivity contribution is 5.82. The van der Waals surface area contributed by atoms with Gasteiger partial charge in [0.1, 0.15) is 6.54 Å². The first-order chi connectivity index (χ1) is 6.06. The Labute approximate surface area is 72.5 Å². The summed E-state index contributed by atoms with van der Waals surface area (Å²) in [5, 5.41) is 3.53. The van der Waals surface area contributed by atoms with Gasteiger partial charge in [0.15, 0.2) is 0 Å². The lowest BCUT2D eigenvalue weighted by Crippen LogP contribution is -2.46. The van der Waals surface area contributed by atoms with Crippen molar-refractivity contribution in [3.8, 4) is 0 Å². The van der Waals surface area contributed by atoms with Crippen LogP contribution in [0.2, 0.25) is 0 Å². The third kappa shape index (κ3) is 2.22. The zero-order valence-electron chi connectivity index (χ0n) is 6.58. The third-order valence-corrected chi connectivity index (χ3v) is 1.38. The number of carbonyl (C=O) groups excluding carboxylic acids is 1. The number of halogens is 2. The molecule has 1 aromatic heterocycles. The molecule has 3 N–H and O–H groups in total. The summed E-state index contributed by atoms with van der Waals surface area (Å²) in [6, 6.07) is 1.48. The molecule has 0 unspecified atom stereocenters. The summed E-state index contributed by atoms with van der Waals surface area (Å²) in [7, 11) is 0. The average molecular weight is 190 g/mol. The Balaban J connectivity index is 2.67. The van der Waals surface area contributed by atoms with Gasteiger partial charge in [0, 0.05) is 12.4 Å². The van der Waals surface area contributed by atoms with E-state index >= 15 is 0 Å². The fourth-order valence-corrected chi connectivity index (χ4v) is 0.775. The Bertz CT molecular complexity index is 285. The predicted octanol–water partition coefficient (Wildman–Crippen LogP) is -0.492. The van der Waals surface area contributed by atoms with Gasteiger partial charge in [-0.25, -0.2) is 5.84 Å². The van der Waals surface area contributed by atoms with Crippen molar-refractivity contribution in [3.05, 3.63) is 18.5 Å². The van der Waals surface area contributed by atoms with Gasteiger partial charge in [-0.15, -0.1) is 0 Å². The molecule has 72 valence electrons. The van der Waals surface area contributed by atoms with E-state index in [-0.39, 0.29) is 0 Å². The van der Waals surface area contributed by atoms with E-state index < -0.39 is 18.4 Å². The zero-order chi connectivity index (χ0) is 9.90. The van der Waals surface area contributed by atoms with Gasteiger partial charge in [-0.1, -0.05) is 0 Å². The topological polar surface area (TPSA) is 72.9 Å². The van der Waals surface area contributed by atoms with Crippen molar-refractivity contribution < 1.29 is 13.6 Å². The summed E-state index contributed by atoms with van der Waals surface area (Å²) >= 11 is 0. The molecule has 0 saturated heterocycles. The van der Waals surface area contributed by atoms with Crippen molar-refractivity contribution >= 4 is 5.91 Å². The highest BCUT2D eigenvalue weighted by Gasteiger charge is 2.38. The Hall–Kier alpha value is -1.50. The first-order valence-corrected chi connectivity index (χ1v) is 3.42. The van der Waals surface area contributed by atoms with Gasteiger partial charge in [0.25, 0.3) is 0 Å². The Morgan fingerprint density at radius 3 is 2.85 bits per heavy atom. The Morgan fingerprint density at radius 2 is 2.38 bits per heavy atom. The number of hydrogen-bond donors (Lipinski definition) is 2. The van der Waals surface area contributed by atoms with Crippen molar-refractivity contribution in [3.63, 3.8) is 0 Å². The largest absolute Gasteiger partial charge is 0.344 e. The second-order valence-electron chi connectivity index (χ2n) is 2.38. The SMILES string of the molecule is NNC(=O)C(F)(F)Cn1cccn1. The molecule has 0 radical (unpaired) electrons. The minimum absolute atomic E-state index is 0.816. The van der Waals surface area contributed by atoms with E-state index in [1.165, 1.54) is 23.9 Å². The van der Waals surface area contributed by atoms with E-state index in [1.807, 2.05) is 0 Å². The standard InChI is InChI=1S/C6H8F2N4O/c7-6(8,5(13)11-9)4-12-3-1-2-10-12/h1-3H,4,9H2,(H,11,13). The molecule has 0 aliphatic heterocycles. The van der Waals surface area contributed by atoms with Crippen LogP contribution in [-0.2, 0) is 11.3 Å². The van der Waals surface area contributed by atoms with Gasteiger partial charge in [0.2, 0.25) is 0 Å². The van der Waals surface area contributed by atoms with Crippen molar-refractivity contribution in [2.24, 2.45) is 5.84 Å². The molecule has 0 fully saturated rings. The van der Waals surface area contributed by atoms with Crippen molar-refractivity contribution in [2.75, 3.05) is 0 Å². The van der Waals surface area contributed by atoms with Gasteiger partial charge in [0.05, 0.1) is 0 Å². The maximum absolute atomic E-state index is 12.8. The molecule has 1 rings (SSSR count). The minimum atomic E-state index is -3.54. The van der Waals surface area contributed by atoms with E-state index in [4.69, 9.17) is 0 Å². The van der Waals surface area contributed by atoms with Crippen LogP contribution in [0, 0.1) is 0 Å². The van der Waals surface area contributed by atoms with Crippen molar-refractivity contribution in [1.29, 1.82) is 0 Å². The summed E-state index contributed by atoms with van der Waals surface area (Å²) < 4.78 is 26.6. The van der Waals surface area contributed by atoms with E-state index in [9.17, 15) is 13.6 Å². The lowest BCUT2D eigenvalue weighted by atomic mass is 10.3. The predicted molar refractivity (Wildman–Crippen MR) is 39.5 cm³/mol.